The Morgan fingerprint density at radius 3 is 2.71 bits per heavy atom. The molecule has 1 unspecified atom stereocenters. The lowest BCUT2D eigenvalue weighted by molar-refractivity contribution is 0.369. The molecule has 1 nitrogen and oxygen atoms in total. The third kappa shape index (κ3) is 2.77. The molecule has 0 aromatic heterocycles. The number of benzene rings is 1. The second kappa shape index (κ2) is 6.06. The quantitative estimate of drug-likeness (QED) is 0.672. The summed E-state index contributed by atoms with van der Waals surface area (Å²) in [7, 11) is 0. The number of allylic oxidation sites excluding steroid dienone is 1. The van der Waals surface area contributed by atoms with Crippen molar-refractivity contribution < 1.29 is 0 Å². The summed E-state index contributed by atoms with van der Waals surface area (Å²) in [5.41, 5.74) is 5.95. The first-order valence-corrected chi connectivity index (χ1v) is 8.06. The van der Waals surface area contributed by atoms with Crippen LogP contribution < -0.4 is 0 Å². The molecule has 2 rings (SSSR count). The summed E-state index contributed by atoms with van der Waals surface area (Å²) in [6.45, 7) is 13.2. The minimum absolute atomic E-state index is 0.146. The first-order valence-electron chi connectivity index (χ1n) is 8.06. The summed E-state index contributed by atoms with van der Waals surface area (Å²) in [4.78, 5) is 0. The average molecular weight is 281 g/mol. The Kier molecular flexibility index (Phi) is 4.57. The molecule has 0 fully saturated rings. The van der Waals surface area contributed by atoms with E-state index >= 15 is 0 Å². The van der Waals surface area contributed by atoms with Crippen molar-refractivity contribution in [2.24, 2.45) is 5.92 Å². The zero-order valence-corrected chi connectivity index (χ0v) is 13.9. The van der Waals surface area contributed by atoms with Crippen molar-refractivity contribution in [3.63, 3.8) is 0 Å². The molecule has 0 aliphatic heterocycles. The number of aryl methyl sites for hydroxylation is 1. The maximum absolute atomic E-state index is 9.12. The fourth-order valence-corrected chi connectivity index (χ4v) is 3.51. The molecule has 0 N–H and O–H groups in total. The lowest BCUT2D eigenvalue weighted by Crippen LogP contribution is -2.26. The van der Waals surface area contributed by atoms with Gasteiger partial charge < -0.3 is 0 Å². The molecule has 1 aromatic rings. The van der Waals surface area contributed by atoms with Crippen LogP contribution in [0.1, 0.15) is 68.7 Å². The molecule has 0 bridgehead atoms. The topological polar surface area (TPSA) is 23.8 Å². The predicted molar refractivity (Wildman–Crippen MR) is 89.5 cm³/mol. The van der Waals surface area contributed by atoms with Gasteiger partial charge in [0.2, 0.25) is 0 Å². The van der Waals surface area contributed by atoms with Gasteiger partial charge in [-0.3, -0.25) is 0 Å². The van der Waals surface area contributed by atoms with E-state index in [2.05, 4.69) is 52.5 Å². The summed E-state index contributed by atoms with van der Waals surface area (Å²) in [6.07, 6.45) is 5.81. The van der Waals surface area contributed by atoms with Gasteiger partial charge in [0.15, 0.2) is 0 Å². The molecule has 1 aliphatic carbocycles. The molecule has 1 aromatic carbocycles. The van der Waals surface area contributed by atoms with Crippen LogP contribution in [0.3, 0.4) is 0 Å². The Hall–Kier alpha value is -1.55. The van der Waals surface area contributed by atoms with E-state index in [-0.39, 0.29) is 5.41 Å². The van der Waals surface area contributed by atoms with Crippen LogP contribution in [0.4, 0.5) is 0 Å². The van der Waals surface area contributed by atoms with Crippen LogP contribution in [0.2, 0.25) is 0 Å². The van der Waals surface area contributed by atoms with Crippen molar-refractivity contribution in [1.82, 2.24) is 0 Å². The minimum Gasteiger partial charge on any atom is -0.198 e. The van der Waals surface area contributed by atoms with Gasteiger partial charge in [-0.25, -0.2) is 0 Å². The number of nitriles is 1. The predicted octanol–water partition coefficient (Wildman–Crippen LogP) is 5.29. The van der Waals surface area contributed by atoms with E-state index in [9.17, 15) is 0 Å². The fraction of sp³-hybridized carbons (Fsp3) is 0.550. The number of nitrogens with zero attached hydrogens (tertiary/aromatic N) is 1. The fourth-order valence-electron chi connectivity index (χ4n) is 3.51. The molecule has 0 saturated carbocycles. The van der Waals surface area contributed by atoms with Gasteiger partial charge in [-0.15, -0.1) is 6.58 Å². The maximum Gasteiger partial charge on any atom is 0.0628 e. The highest BCUT2D eigenvalue weighted by Crippen LogP contribution is 2.43. The van der Waals surface area contributed by atoms with Gasteiger partial charge in [0.05, 0.1) is 6.07 Å². The molecule has 1 aliphatic rings. The second-order valence-electron chi connectivity index (χ2n) is 7.13. The summed E-state index contributed by atoms with van der Waals surface area (Å²) in [5, 5.41) is 9.12. The molecule has 21 heavy (non-hydrogen) atoms. The molecule has 0 amide bonds. The highest BCUT2D eigenvalue weighted by atomic mass is 14.4. The first kappa shape index (κ1) is 15.8. The molecular weight excluding hydrogens is 254 g/mol. The van der Waals surface area contributed by atoms with Crippen molar-refractivity contribution in [3.05, 3.63) is 47.0 Å². The van der Waals surface area contributed by atoms with Gasteiger partial charge in [0.25, 0.3) is 0 Å². The van der Waals surface area contributed by atoms with Crippen molar-refractivity contribution in [2.45, 2.75) is 64.7 Å². The van der Waals surface area contributed by atoms with E-state index < -0.39 is 0 Å². The monoisotopic (exact) mass is 281 g/mol. The van der Waals surface area contributed by atoms with Crippen LogP contribution in [0.25, 0.3) is 0 Å². The number of hydrogen-bond acceptors (Lipinski definition) is 1. The van der Waals surface area contributed by atoms with Gasteiger partial charge in [0.1, 0.15) is 0 Å². The lowest BCUT2D eigenvalue weighted by atomic mass is 9.71. The molecule has 0 heterocycles. The summed E-state index contributed by atoms with van der Waals surface area (Å²) < 4.78 is 0. The minimum atomic E-state index is 0.146. The largest absolute Gasteiger partial charge is 0.198 e. The van der Waals surface area contributed by atoms with E-state index in [1.165, 1.54) is 22.3 Å². The van der Waals surface area contributed by atoms with E-state index in [1.54, 1.807) is 0 Å². The number of rotatable bonds is 5. The Bertz CT molecular complexity index is 572. The standard InChI is InChI=1S/C20H27N/c1-6-7-17-18(20(4,5)14(2)3)11-10-15-8-9-16(12-13-21)19(15)17/h6,10-11,14,16H,1,7-9,12H2,2-5H3. The molecule has 0 spiro atoms. The highest BCUT2D eigenvalue weighted by Gasteiger charge is 2.32. The van der Waals surface area contributed by atoms with Crippen LogP contribution in [0, 0.1) is 17.2 Å². The maximum atomic E-state index is 9.12. The third-order valence-electron chi connectivity index (χ3n) is 5.44. The van der Waals surface area contributed by atoms with Crippen molar-refractivity contribution in [1.29, 1.82) is 5.26 Å². The Labute approximate surface area is 129 Å². The smallest absolute Gasteiger partial charge is 0.0628 e. The van der Waals surface area contributed by atoms with Gasteiger partial charge >= 0.3 is 0 Å². The number of hydrogen-bond donors (Lipinski definition) is 0. The SMILES string of the molecule is C=CCc1c(C(C)(C)C(C)C)ccc2c1C(CC#N)CC2. The second-order valence-corrected chi connectivity index (χ2v) is 7.13. The number of fused-ring (bicyclic) bond motifs is 1. The molecule has 112 valence electrons. The van der Waals surface area contributed by atoms with Crippen molar-refractivity contribution in [3.8, 4) is 6.07 Å². The highest BCUT2D eigenvalue weighted by molar-refractivity contribution is 5.50. The van der Waals surface area contributed by atoms with E-state index in [0.29, 0.717) is 18.3 Å². The van der Waals surface area contributed by atoms with Crippen LogP contribution >= 0.6 is 0 Å². The van der Waals surface area contributed by atoms with Crippen LogP contribution in [-0.2, 0) is 18.3 Å². The summed E-state index contributed by atoms with van der Waals surface area (Å²) >= 11 is 0. The zero-order chi connectivity index (χ0) is 15.6. The van der Waals surface area contributed by atoms with Crippen LogP contribution in [0.5, 0.6) is 0 Å². The first-order chi connectivity index (χ1) is 9.93. The Morgan fingerprint density at radius 1 is 1.43 bits per heavy atom. The van der Waals surface area contributed by atoms with E-state index in [0.717, 1.165) is 19.3 Å². The van der Waals surface area contributed by atoms with Crippen LogP contribution in [-0.4, -0.2) is 0 Å². The van der Waals surface area contributed by atoms with E-state index in [1.807, 2.05) is 6.08 Å². The normalized spacial score (nSPS) is 17.6. The van der Waals surface area contributed by atoms with Gasteiger partial charge in [-0.2, -0.15) is 5.26 Å². The lowest BCUT2D eigenvalue weighted by Gasteiger charge is -2.33. The molecule has 1 atom stereocenters. The molecular formula is C20H27N. The zero-order valence-electron chi connectivity index (χ0n) is 13.9. The summed E-state index contributed by atoms with van der Waals surface area (Å²) in [6, 6.07) is 7.01. The molecule has 0 saturated heterocycles. The van der Waals surface area contributed by atoms with Gasteiger partial charge in [0, 0.05) is 6.42 Å². The van der Waals surface area contributed by atoms with Crippen LogP contribution in [0.15, 0.2) is 24.8 Å². The van der Waals surface area contributed by atoms with Crippen molar-refractivity contribution in [2.75, 3.05) is 0 Å². The molecule has 1 heteroatoms. The molecule has 0 radical (unpaired) electrons. The van der Waals surface area contributed by atoms with Gasteiger partial charge in [-0.1, -0.05) is 45.9 Å². The summed E-state index contributed by atoms with van der Waals surface area (Å²) in [5.74, 6) is 0.998. The Morgan fingerprint density at radius 2 is 2.14 bits per heavy atom. The van der Waals surface area contributed by atoms with Crippen molar-refractivity contribution >= 4 is 0 Å². The third-order valence-corrected chi connectivity index (χ3v) is 5.44. The average Bonchev–Trinajstić information content (AvgIpc) is 2.83. The van der Waals surface area contributed by atoms with E-state index in [4.69, 9.17) is 5.26 Å². The Balaban J connectivity index is 2.62. The van der Waals surface area contributed by atoms with Gasteiger partial charge in [-0.05, 0) is 58.8 Å².